The molecular formula is C14H21N3O2. The number of anilines is 1. The van der Waals surface area contributed by atoms with Gasteiger partial charge in [0.25, 0.3) is 0 Å². The zero-order chi connectivity index (χ0) is 14.3. The van der Waals surface area contributed by atoms with Crippen molar-refractivity contribution in [3.05, 3.63) is 29.8 Å². The molecule has 0 aromatic heterocycles. The summed E-state index contributed by atoms with van der Waals surface area (Å²) in [6.07, 6.45) is 3.17. The molecule has 0 atom stereocenters. The van der Waals surface area contributed by atoms with Crippen LogP contribution >= 0.6 is 0 Å². The molecule has 0 radical (unpaired) electrons. The Labute approximate surface area is 114 Å². The fourth-order valence-electron chi connectivity index (χ4n) is 1.40. The van der Waals surface area contributed by atoms with Gasteiger partial charge in [-0.25, -0.2) is 0 Å². The number of amides is 1. The van der Waals surface area contributed by atoms with Crippen molar-refractivity contribution in [2.45, 2.75) is 0 Å². The van der Waals surface area contributed by atoms with Gasteiger partial charge >= 0.3 is 0 Å². The summed E-state index contributed by atoms with van der Waals surface area (Å²) >= 11 is 0. The molecule has 0 heterocycles. The van der Waals surface area contributed by atoms with Gasteiger partial charge in [-0.05, 0) is 37.9 Å². The Balaban J connectivity index is 2.64. The Morgan fingerprint density at radius 1 is 1.47 bits per heavy atom. The van der Waals surface area contributed by atoms with Crippen LogP contribution in [0.4, 0.5) is 5.69 Å². The Kier molecular flexibility index (Phi) is 5.89. The van der Waals surface area contributed by atoms with Crippen LogP contribution in [0.1, 0.15) is 5.56 Å². The average Bonchev–Trinajstić information content (AvgIpc) is 2.37. The number of likely N-dealkylation sites (N-methyl/N-ethyl adjacent to an activating group) is 2. The first-order valence-electron chi connectivity index (χ1n) is 6.09. The zero-order valence-corrected chi connectivity index (χ0v) is 11.6. The van der Waals surface area contributed by atoms with E-state index in [0.29, 0.717) is 18.0 Å². The Morgan fingerprint density at radius 2 is 2.21 bits per heavy atom. The van der Waals surface area contributed by atoms with Crippen LogP contribution in [0.2, 0.25) is 0 Å². The predicted molar refractivity (Wildman–Crippen MR) is 78.0 cm³/mol. The van der Waals surface area contributed by atoms with Gasteiger partial charge in [-0.1, -0.05) is 6.07 Å². The van der Waals surface area contributed by atoms with Crippen LogP contribution < -0.4 is 15.8 Å². The summed E-state index contributed by atoms with van der Waals surface area (Å²) in [6.45, 7) is 1.42. The normalized spacial score (nSPS) is 10.9. The monoisotopic (exact) mass is 263 g/mol. The molecular weight excluding hydrogens is 242 g/mol. The molecule has 3 N–H and O–H groups in total. The van der Waals surface area contributed by atoms with Crippen molar-refractivity contribution in [1.29, 1.82) is 0 Å². The maximum atomic E-state index is 11.1. The fourth-order valence-corrected chi connectivity index (χ4v) is 1.40. The zero-order valence-electron chi connectivity index (χ0n) is 11.6. The van der Waals surface area contributed by atoms with Crippen LogP contribution in [0.25, 0.3) is 6.08 Å². The molecule has 0 unspecified atom stereocenters. The van der Waals surface area contributed by atoms with Crippen LogP contribution in [0, 0.1) is 0 Å². The van der Waals surface area contributed by atoms with Gasteiger partial charge in [0.15, 0.2) is 0 Å². The van der Waals surface area contributed by atoms with Gasteiger partial charge in [0.1, 0.15) is 12.4 Å². The first-order chi connectivity index (χ1) is 9.02. The van der Waals surface area contributed by atoms with E-state index in [4.69, 9.17) is 10.5 Å². The van der Waals surface area contributed by atoms with E-state index < -0.39 is 0 Å². The number of hydrogen-bond donors (Lipinski definition) is 2. The molecule has 5 heteroatoms. The molecule has 0 aliphatic rings. The molecule has 19 heavy (non-hydrogen) atoms. The topological polar surface area (TPSA) is 67.6 Å². The average molecular weight is 263 g/mol. The summed E-state index contributed by atoms with van der Waals surface area (Å²) < 4.78 is 5.58. The lowest BCUT2D eigenvalue weighted by Crippen LogP contribution is -2.19. The van der Waals surface area contributed by atoms with Crippen molar-refractivity contribution >= 4 is 17.7 Å². The van der Waals surface area contributed by atoms with Crippen LogP contribution in [0.15, 0.2) is 24.3 Å². The number of nitrogens with two attached hydrogens (primary N) is 1. The van der Waals surface area contributed by atoms with Gasteiger partial charge in [-0.2, -0.15) is 0 Å². The second-order valence-electron chi connectivity index (χ2n) is 4.40. The van der Waals surface area contributed by atoms with Gasteiger partial charge in [-0.15, -0.1) is 0 Å². The number of ether oxygens (including phenoxy) is 1. The Morgan fingerprint density at radius 3 is 2.79 bits per heavy atom. The van der Waals surface area contributed by atoms with E-state index in [1.165, 1.54) is 6.08 Å². The molecule has 1 amide bonds. The largest absolute Gasteiger partial charge is 0.490 e. The maximum Gasteiger partial charge on any atom is 0.243 e. The summed E-state index contributed by atoms with van der Waals surface area (Å²) in [7, 11) is 5.56. The molecule has 0 bridgehead atoms. The Bertz CT molecular complexity index is 456. The van der Waals surface area contributed by atoms with Gasteiger partial charge in [0.2, 0.25) is 5.91 Å². The second kappa shape index (κ2) is 7.43. The van der Waals surface area contributed by atoms with Crippen LogP contribution in [-0.4, -0.2) is 45.1 Å². The minimum atomic E-state index is -0.148. The molecule has 104 valence electrons. The maximum absolute atomic E-state index is 11.1. The molecule has 0 aliphatic carbocycles. The van der Waals surface area contributed by atoms with Crippen molar-refractivity contribution < 1.29 is 9.53 Å². The number of hydrogen-bond acceptors (Lipinski definition) is 4. The molecule has 0 fully saturated rings. The van der Waals surface area contributed by atoms with E-state index in [-0.39, 0.29) is 5.91 Å². The number of benzene rings is 1. The van der Waals surface area contributed by atoms with Gasteiger partial charge in [-0.3, -0.25) is 4.79 Å². The van der Waals surface area contributed by atoms with E-state index in [1.807, 2.05) is 31.1 Å². The number of nitrogens with zero attached hydrogens (tertiary/aromatic N) is 1. The molecule has 1 aromatic rings. The van der Waals surface area contributed by atoms with Crippen LogP contribution in [0.5, 0.6) is 5.75 Å². The lowest BCUT2D eigenvalue weighted by atomic mass is 10.1. The van der Waals surface area contributed by atoms with E-state index >= 15 is 0 Å². The summed E-state index contributed by atoms with van der Waals surface area (Å²) in [6, 6.07) is 5.46. The van der Waals surface area contributed by atoms with E-state index in [1.54, 1.807) is 19.2 Å². The highest BCUT2D eigenvalue weighted by molar-refractivity contribution is 5.91. The lowest BCUT2D eigenvalue weighted by molar-refractivity contribution is -0.115. The first kappa shape index (κ1) is 15.0. The van der Waals surface area contributed by atoms with Crippen molar-refractivity contribution in [1.82, 2.24) is 10.2 Å². The van der Waals surface area contributed by atoms with Gasteiger partial charge in [0.05, 0.1) is 5.69 Å². The summed E-state index contributed by atoms with van der Waals surface area (Å²) in [5.74, 6) is 0.517. The summed E-state index contributed by atoms with van der Waals surface area (Å²) in [5, 5.41) is 2.51. The molecule has 0 saturated carbocycles. The number of carbonyl (C=O) groups excluding carboxylic acids is 1. The standard InChI is InChI=1S/C14H21N3O2/c1-16-14(18)7-5-11-4-6-13(12(15)10-11)19-9-8-17(2)3/h4-7,10H,8-9,15H2,1-3H3,(H,16,18)/b7-5-. The minimum Gasteiger partial charge on any atom is -0.490 e. The highest BCUT2D eigenvalue weighted by Gasteiger charge is 2.01. The summed E-state index contributed by atoms with van der Waals surface area (Å²) in [5.41, 5.74) is 7.33. The van der Waals surface area contributed by atoms with Gasteiger partial charge in [0, 0.05) is 19.7 Å². The number of nitrogen functional groups attached to an aromatic ring is 1. The van der Waals surface area contributed by atoms with Crippen LogP contribution in [0.3, 0.4) is 0 Å². The van der Waals surface area contributed by atoms with Gasteiger partial charge < -0.3 is 20.7 Å². The quantitative estimate of drug-likeness (QED) is 0.593. The first-order valence-corrected chi connectivity index (χ1v) is 6.09. The van der Waals surface area contributed by atoms with Crippen molar-refractivity contribution in [2.24, 2.45) is 0 Å². The number of carbonyl (C=O) groups is 1. The highest BCUT2D eigenvalue weighted by atomic mass is 16.5. The molecule has 0 spiro atoms. The van der Waals surface area contributed by atoms with Crippen molar-refractivity contribution in [2.75, 3.05) is 40.0 Å². The minimum absolute atomic E-state index is 0.148. The third kappa shape index (κ3) is 5.44. The van der Waals surface area contributed by atoms with E-state index in [9.17, 15) is 4.79 Å². The molecule has 0 saturated heterocycles. The third-order valence-electron chi connectivity index (χ3n) is 2.50. The molecule has 1 aromatic carbocycles. The molecule has 5 nitrogen and oxygen atoms in total. The second-order valence-corrected chi connectivity index (χ2v) is 4.40. The number of rotatable bonds is 6. The number of nitrogens with one attached hydrogen (secondary N) is 1. The highest BCUT2D eigenvalue weighted by Crippen LogP contribution is 2.23. The molecule has 0 aliphatic heterocycles. The Hall–Kier alpha value is -2.01. The summed E-state index contributed by atoms with van der Waals surface area (Å²) in [4.78, 5) is 13.1. The van der Waals surface area contributed by atoms with Crippen molar-refractivity contribution in [3.8, 4) is 5.75 Å². The SMILES string of the molecule is CNC(=O)/C=C\c1ccc(OCCN(C)C)c(N)c1. The predicted octanol–water partition coefficient (Wildman–Crippen LogP) is 0.968. The van der Waals surface area contributed by atoms with Crippen molar-refractivity contribution in [3.63, 3.8) is 0 Å². The third-order valence-corrected chi connectivity index (χ3v) is 2.50. The molecule has 1 rings (SSSR count). The van der Waals surface area contributed by atoms with E-state index in [0.717, 1.165) is 12.1 Å². The fraction of sp³-hybridized carbons (Fsp3) is 0.357. The smallest absolute Gasteiger partial charge is 0.243 e. The lowest BCUT2D eigenvalue weighted by Gasteiger charge is -2.12. The van der Waals surface area contributed by atoms with Crippen LogP contribution in [-0.2, 0) is 4.79 Å². The van der Waals surface area contributed by atoms with E-state index in [2.05, 4.69) is 5.32 Å².